The predicted octanol–water partition coefficient (Wildman–Crippen LogP) is 4.85. The maximum Gasteiger partial charge on any atom is 0.124 e. The molecule has 0 aliphatic carbocycles. The van der Waals surface area contributed by atoms with E-state index >= 15 is 0 Å². The van der Waals surface area contributed by atoms with Crippen LogP contribution < -0.4 is 10.1 Å². The normalized spacial score (nSPS) is 11.0. The van der Waals surface area contributed by atoms with E-state index < -0.39 is 0 Å². The molecule has 0 aromatic heterocycles. The lowest BCUT2D eigenvalue weighted by atomic mass is 10.0. The first-order valence-electron chi connectivity index (χ1n) is 9.16. The fourth-order valence-corrected chi connectivity index (χ4v) is 3.15. The van der Waals surface area contributed by atoms with Crippen LogP contribution in [0.4, 0.5) is 0 Å². The molecule has 0 saturated carbocycles. The molecule has 3 aromatic carbocycles. The van der Waals surface area contributed by atoms with Gasteiger partial charge in [-0.3, -0.25) is 0 Å². The Kier molecular flexibility index (Phi) is 6.64. The highest BCUT2D eigenvalue weighted by Crippen LogP contribution is 2.28. The van der Waals surface area contributed by atoms with Gasteiger partial charge >= 0.3 is 0 Å². The van der Waals surface area contributed by atoms with E-state index in [2.05, 4.69) is 72.9 Å². The Hall–Kier alpha value is -2.36. The van der Waals surface area contributed by atoms with Gasteiger partial charge in [0.2, 0.25) is 0 Å². The van der Waals surface area contributed by atoms with Crippen LogP contribution in [0.25, 0.3) is 10.8 Å². The summed E-state index contributed by atoms with van der Waals surface area (Å²) in [4.78, 5) is 0. The number of ether oxygens (including phenoxy) is 2. The van der Waals surface area contributed by atoms with Gasteiger partial charge in [0.1, 0.15) is 12.4 Å². The highest BCUT2D eigenvalue weighted by atomic mass is 16.5. The minimum Gasteiger partial charge on any atom is -0.489 e. The largest absolute Gasteiger partial charge is 0.489 e. The third kappa shape index (κ3) is 4.84. The molecule has 3 heteroatoms. The topological polar surface area (TPSA) is 30.5 Å². The summed E-state index contributed by atoms with van der Waals surface area (Å²) in [5.74, 6) is 0.949. The van der Waals surface area contributed by atoms with E-state index in [0.717, 1.165) is 31.9 Å². The Morgan fingerprint density at radius 2 is 1.85 bits per heavy atom. The SMILES string of the molecule is COCCCNCc1c(OCc2cccc(C)c2)ccc2ccccc12. The highest BCUT2D eigenvalue weighted by Gasteiger charge is 2.09. The Labute approximate surface area is 156 Å². The average Bonchev–Trinajstić information content (AvgIpc) is 2.67. The van der Waals surface area contributed by atoms with Crippen molar-refractivity contribution in [2.45, 2.75) is 26.5 Å². The summed E-state index contributed by atoms with van der Waals surface area (Å²) in [6.45, 7) is 5.17. The molecule has 0 bridgehead atoms. The van der Waals surface area contributed by atoms with Crippen molar-refractivity contribution in [3.63, 3.8) is 0 Å². The first-order valence-corrected chi connectivity index (χ1v) is 9.16. The number of methoxy groups -OCH3 is 1. The highest BCUT2D eigenvalue weighted by molar-refractivity contribution is 5.87. The fraction of sp³-hybridized carbons (Fsp3) is 0.304. The van der Waals surface area contributed by atoms with Crippen molar-refractivity contribution < 1.29 is 9.47 Å². The lowest BCUT2D eigenvalue weighted by molar-refractivity contribution is 0.194. The van der Waals surface area contributed by atoms with E-state index in [1.54, 1.807) is 7.11 Å². The molecule has 0 heterocycles. The van der Waals surface area contributed by atoms with Crippen LogP contribution in [-0.2, 0) is 17.9 Å². The smallest absolute Gasteiger partial charge is 0.124 e. The van der Waals surface area contributed by atoms with Crippen LogP contribution >= 0.6 is 0 Å². The predicted molar refractivity (Wildman–Crippen MR) is 108 cm³/mol. The molecule has 0 unspecified atom stereocenters. The van der Waals surface area contributed by atoms with Gasteiger partial charge in [0.05, 0.1) is 0 Å². The minimum atomic E-state index is 0.580. The number of benzene rings is 3. The number of hydrogen-bond acceptors (Lipinski definition) is 3. The molecule has 0 amide bonds. The second-order valence-electron chi connectivity index (χ2n) is 6.56. The molecule has 1 N–H and O–H groups in total. The van der Waals surface area contributed by atoms with Crippen molar-refractivity contribution in [3.8, 4) is 5.75 Å². The first kappa shape index (κ1) is 18.4. The number of nitrogens with one attached hydrogen (secondary N) is 1. The molecule has 26 heavy (non-hydrogen) atoms. The van der Waals surface area contributed by atoms with Gasteiger partial charge in [-0.25, -0.2) is 0 Å². The van der Waals surface area contributed by atoms with Crippen molar-refractivity contribution in [1.29, 1.82) is 0 Å². The lowest BCUT2D eigenvalue weighted by Crippen LogP contribution is -2.17. The molecule has 0 spiro atoms. The molecule has 136 valence electrons. The van der Waals surface area contributed by atoms with Crippen molar-refractivity contribution in [2.75, 3.05) is 20.3 Å². The zero-order chi connectivity index (χ0) is 18.2. The molecule has 0 radical (unpaired) electrons. The molecular formula is C23H27NO2. The Morgan fingerprint density at radius 1 is 0.962 bits per heavy atom. The van der Waals surface area contributed by atoms with Gasteiger partial charge in [-0.1, -0.05) is 60.2 Å². The second-order valence-corrected chi connectivity index (χ2v) is 6.56. The Bertz CT molecular complexity index is 844. The minimum absolute atomic E-state index is 0.580. The second kappa shape index (κ2) is 9.37. The van der Waals surface area contributed by atoms with E-state index in [1.807, 2.05) is 0 Å². The van der Waals surface area contributed by atoms with E-state index in [0.29, 0.717) is 6.61 Å². The zero-order valence-corrected chi connectivity index (χ0v) is 15.6. The molecule has 3 aromatic rings. The lowest BCUT2D eigenvalue weighted by Gasteiger charge is -2.15. The average molecular weight is 349 g/mol. The molecule has 0 atom stereocenters. The van der Waals surface area contributed by atoms with Gasteiger partial charge in [0, 0.05) is 25.8 Å². The third-order valence-corrected chi connectivity index (χ3v) is 4.48. The summed E-state index contributed by atoms with van der Waals surface area (Å²) in [5, 5.41) is 6.00. The van der Waals surface area contributed by atoms with E-state index in [4.69, 9.17) is 9.47 Å². The van der Waals surface area contributed by atoms with Crippen molar-refractivity contribution in [1.82, 2.24) is 5.32 Å². The third-order valence-electron chi connectivity index (χ3n) is 4.48. The maximum atomic E-state index is 6.20. The number of hydrogen-bond donors (Lipinski definition) is 1. The fourth-order valence-electron chi connectivity index (χ4n) is 3.15. The van der Waals surface area contributed by atoms with Crippen LogP contribution in [0.2, 0.25) is 0 Å². The zero-order valence-electron chi connectivity index (χ0n) is 15.6. The summed E-state index contributed by atoms with van der Waals surface area (Å²) in [7, 11) is 1.74. The molecule has 3 nitrogen and oxygen atoms in total. The monoisotopic (exact) mass is 349 g/mol. The van der Waals surface area contributed by atoms with E-state index in [1.165, 1.54) is 27.5 Å². The van der Waals surface area contributed by atoms with E-state index in [-0.39, 0.29) is 0 Å². The van der Waals surface area contributed by atoms with Crippen molar-refractivity contribution in [2.24, 2.45) is 0 Å². The maximum absolute atomic E-state index is 6.20. The Balaban J connectivity index is 1.77. The van der Waals surface area contributed by atoms with E-state index in [9.17, 15) is 0 Å². The molecule has 0 fully saturated rings. The van der Waals surface area contributed by atoms with Crippen LogP contribution in [0.15, 0.2) is 60.7 Å². The van der Waals surface area contributed by atoms with Crippen LogP contribution in [0.1, 0.15) is 23.1 Å². The molecule has 0 aliphatic rings. The summed E-state index contributed by atoms with van der Waals surface area (Å²) < 4.78 is 11.3. The van der Waals surface area contributed by atoms with Crippen molar-refractivity contribution >= 4 is 10.8 Å². The van der Waals surface area contributed by atoms with Crippen LogP contribution in [0, 0.1) is 6.92 Å². The summed E-state index contributed by atoms with van der Waals surface area (Å²) in [5.41, 5.74) is 3.66. The molecular weight excluding hydrogens is 322 g/mol. The molecule has 3 rings (SSSR count). The molecule has 0 aliphatic heterocycles. The van der Waals surface area contributed by atoms with Gasteiger partial charge < -0.3 is 14.8 Å². The van der Waals surface area contributed by atoms with Gasteiger partial charge in [-0.2, -0.15) is 0 Å². The van der Waals surface area contributed by atoms with Gasteiger partial charge in [0.25, 0.3) is 0 Å². The summed E-state index contributed by atoms with van der Waals surface area (Å²) in [6, 6.07) is 21.2. The van der Waals surface area contributed by atoms with Crippen molar-refractivity contribution in [3.05, 3.63) is 77.4 Å². The first-order chi connectivity index (χ1) is 12.8. The van der Waals surface area contributed by atoms with Gasteiger partial charge in [-0.05, 0) is 42.3 Å². The van der Waals surface area contributed by atoms with Crippen LogP contribution in [0.3, 0.4) is 0 Å². The van der Waals surface area contributed by atoms with Gasteiger partial charge in [-0.15, -0.1) is 0 Å². The Morgan fingerprint density at radius 3 is 2.69 bits per heavy atom. The quantitative estimate of drug-likeness (QED) is 0.560. The summed E-state index contributed by atoms with van der Waals surface area (Å²) in [6.07, 6.45) is 1.00. The van der Waals surface area contributed by atoms with Gasteiger partial charge in [0.15, 0.2) is 0 Å². The number of aryl methyl sites for hydroxylation is 1. The van der Waals surface area contributed by atoms with Crippen LogP contribution in [0.5, 0.6) is 5.75 Å². The molecule has 0 saturated heterocycles. The summed E-state index contributed by atoms with van der Waals surface area (Å²) >= 11 is 0. The number of fused-ring (bicyclic) bond motifs is 1. The van der Waals surface area contributed by atoms with Crippen LogP contribution in [-0.4, -0.2) is 20.3 Å². The number of rotatable bonds is 9. The standard InChI is InChI=1S/C23H27NO2/c1-18-7-5-8-19(15-18)17-26-23-12-11-20-9-3-4-10-21(20)22(23)16-24-13-6-14-25-2/h3-5,7-12,15,24H,6,13-14,16-17H2,1-2H3.